The highest BCUT2D eigenvalue weighted by Crippen LogP contribution is 2.44. The minimum absolute atomic E-state index is 0.212. The van der Waals surface area contributed by atoms with Crippen LogP contribution in [-0.2, 0) is 0 Å². The van der Waals surface area contributed by atoms with E-state index < -0.39 is 0 Å². The highest BCUT2D eigenvalue weighted by molar-refractivity contribution is 6.34. The predicted molar refractivity (Wildman–Crippen MR) is 69.2 cm³/mol. The molecule has 2 rings (SSSR count). The van der Waals surface area contributed by atoms with Gasteiger partial charge in [-0.2, -0.15) is 0 Å². The first kappa shape index (κ1) is 12.6. The Morgan fingerprint density at radius 2 is 2.00 bits per heavy atom. The van der Waals surface area contributed by atoms with Crippen LogP contribution in [0.25, 0.3) is 11.3 Å². The zero-order valence-electron chi connectivity index (χ0n) is 10.3. The Balaban J connectivity index is 2.74. The van der Waals surface area contributed by atoms with Crippen LogP contribution < -0.4 is 15.2 Å². The molecule has 0 aliphatic carbocycles. The number of anilines is 1. The number of hydrogen-bond acceptors (Lipinski definition) is 5. The molecule has 96 valence electrons. The second kappa shape index (κ2) is 4.78. The Morgan fingerprint density at radius 3 is 2.50 bits per heavy atom. The number of nitrogen functional groups attached to an aromatic ring is 1. The van der Waals surface area contributed by atoms with Gasteiger partial charge in [-0.15, -0.1) is 0 Å². The maximum atomic E-state index is 6.29. The lowest BCUT2D eigenvalue weighted by Crippen LogP contribution is -1.96. The number of methoxy groups -OCH3 is 2. The quantitative estimate of drug-likeness (QED) is 0.927. The molecule has 0 saturated carbocycles. The Morgan fingerprint density at radius 1 is 1.28 bits per heavy atom. The molecule has 0 amide bonds. The second-order valence-electron chi connectivity index (χ2n) is 3.73. The minimum Gasteiger partial charge on any atom is -0.493 e. The minimum atomic E-state index is 0.212. The Kier molecular flexibility index (Phi) is 3.34. The fourth-order valence-corrected chi connectivity index (χ4v) is 1.97. The fourth-order valence-electron chi connectivity index (χ4n) is 1.74. The highest BCUT2D eigenvalue weighted by atomic mass is 35.5. The molecule has 0 aliphatic rings. The van der Waals surface area contributed by atoms with E-state index in [4.69, 9.17) is 31.3 Å². The first-order valence-corrected chi connectivity index (χ1v) is 5.60. The summed E-state index contributed by atoms with van der Waals surface area (Å²) in [5.74, 6) is 1.29. The van der Waals surface area contributed by atoms with E-state index in [9.17, 15) is 0 Å². The summed E-state index contributed by atoms with van der Waals surface area (Å²) in [6.45, 7) is 1.87. The standard InChI is InChI=1S/C12H13ClN2O3/c1-6-4-8(16-2)12(17-3)10(11(6)13)7-5-9(14)18-15-7/h4-5H,14H2,1-3H3. The zero-order chi connectivity index (χ0) is 13.3. The van der Waals surface area contributed by atoms with E-state index in [1.54, 1.807) is 19.2 Å². The molecule has 0 saturated heterocycles. The first-order chi connectivity index (χ1) is 8.58. The third-order valence-electron chi connectivity index (χ3n) is 2.57. The van der Waals surface area contributed by atoms with Gasteiger partial charge in [0.15, 0.2) is 11.5 Å². The van der Waals surface area contributed by atoms with Crippen molar-refractivity contribution in [3.05, 3.63) is 22.7 Å². The molecule has 0 atom stereocenters. The van der Waals surface area contributed by atoms with Crippen molar-refractivity contribution in [2.24, 2.45) is 0 Å². The van der Waals surface area contributed by atoms with Crippen molar-refractivity contribution >= 4 is 17.5 Å². The van der Waals surface area contributed by atoms with Gasteiger partial charge in [0.1, 0.15) is 5.69 Å². The van der Waals surface area contributed by atoms with Crippen LogP contribution in [0.4, 0.5) is 5.88 Å². The van der Waals surface area contributed by atoms with Crippen LogP contribution in [0, 0.1) is 6.92 Å². The number of benzene rings is 1. The van der Waals surface area contributed by atoms with E-state index in [0.29, 0.717) is 27.8 Å². The molecular weight excluding hydrogens is 256 g/mol. The number of nitrogens with two attached hydrogens (primary N) is 1. The zero-order valence-corrected chi connectivity index (χ0v) is 11.0. The molecule has 0 fully saturated rings. The average molecular weight is 269 g/mol. The molecule has 1 aromatic heterocycles. The van der Waals surface area contributed by atoms with Gasteiger partial charge in [0.25, 0.3) is 0 Å². The molecule has 0 unspecified atom stereocenters. The van der Waals surface area contributed by atoms with Crippen molar-refractivity contribution in [2.45, 2.75) is 6.92 Å². The molecular formula is C12H13ClN2O3. The third-order valence-corrected chi connectivity index (χ3v) is 3.06. The summed E-state index contributed by atoms with van der Waals surface area (Å²) in [7, 11) is 3.10. The van der Waals surface area contributed by atoms with E-state index in [2.05, 4.69) is 5.16 Å². The van der Waals surface area contributed by atoms with Crippen molar-refractivity contribution < 1.29 is 14.0 Å². The predicted octanol–water partition coefficient (Wildman–Crippen LogP) is 2.90. The van der Waals surface area contributed by atoms with Gasteiger partial charge < -0.3 is 19.7 Å². The van der Waals surface area contributed by atoms with E-state index >= 15 is 0 Å². The van der Waals surface area contributed by atoms with E-state index in [1.807, 2.05) is 6.92 Å². The van der Waals surface area contributed by atoms with Crippen LogP contribution in [0.15, 0.2) is 16.7 Å². The van der Waals surface area contributed by atoms with Gasteiger partial charge in [-0.25, -0.2) is 0 Å². The Labute approximate surface area is 109 Å². The molecule has 18 heavy (non-hydrogen) atoms. The van der Waals surface area contributed by atoms with E-state index in [-0.39, 0.29) is 5.88 Å². The van der Waals surface area contributed by atoms with Crippen LogP contribution in [0.2, 0.25) is 5.02 Å². The Hall–Kier alpha value is -1.88. The van der Waals surface area contributed by atoms with Gasteiger partial charge in [0, 0.05) is 6.07 Å². The van der Waals surface area contributed by atoms with E-state index in [1.165, 1.54) is 7.11 Å². The largest absolute Gasteiger partial charge is 0.493 e. The fraction of sp³-hybridized carbons (Fsp3) is 0.250. The summed E-state index contributed by atoms with van der Waals surface area (Å²) in [4.78, 5) is 0. The number of hydrogen-bond donors (Lipinski definition) is 1. The smallest absolute Gasteiger partial charge is 0.222 e. The van der Waals surface area contributed by atoms with Gasteiger partial charge in [0.05, 0.1) is 24.8 Å². The molecule has 6 heteroatoms. The number of ether oxygens (including phenoxy) is 2. The SMILES string of the molecule is COc1cc(C)c(Cl)c(-c2cc(N)on2)c1OC. The number of nitrogens with zero attached hydrogens (tertiary/aromatic N) is 1. The summed E-state index contributed by atoms with van der Waals surface area (Å²) in [6, 6.07) is 3.39. The Bertz CT molecular complexity index is 581. The van der Waals surface area contributed by atoms with Crippen molar-refractivity contribution in [3.8, 4) is 22.8 Å². The van der Waals surface area contributed by atoms with Gasteiger partial charge in [-0.1, -0.05) is 16.8 Å². The molecule has 2 N–H and O–H groups in total. The van der Waals surface area contributed by atoms with Crippen LogP contribution in [0.3, 0.4) is 0 Å². The van der Waals surface area contributed by atoms with Crippen LogP contribution in [-0.4, -0.2) is 19.4 Å². The molecule has 0 spiro atoms. The van der Waals surface area contributed by atoms with Crippen molar-refractivity contribution in [1.29, 1.82) is 0 Å². The molecule has 0 aliphatic heterocycles. The highest BCUT2D eigenvalue weighted by Gasteiger charge is 2.20. The summed E-state index contributed by atoms with van der Waals surface area (Å²) in [5.41, 5.74) is 7.49. The van der Waals surface area contributed by atoms with Gasteiger partial charge in [-0.05, 0) is 18.6 Å². The van der Waals surface area contributed by atoms with Crippen LogP contribution in [0.5, 0.6) is 11.5 Å². The number of aromatic nitrogens is 1. The number of halogens is 1. The first-order valence-electron chi connectivity index (χ1n) is 5.22. The van der Waals surface area contributed by atoms with Crippen LogP contribution >= 0.6 is 11.6 Å². The maximum absolute atomic E-state index is 6.29. The lowest BCUT2D eigenvalue weighted by atomic mass is 10.1. The normalized spacial score (nSPS) is 10.4. The summed E-state index contributed by atoms with van der Waals surface area (Å²) in [5, 5.41) is 4.38. The lowest BCUT2D eigenvalue weighted by molar-refractivity contribution is 0.355. The molecule has 2 aromatic rings. The van der Waals surface area contributed by atoms with Crippen LogP contribution in [0.1, 0.15) is 5.56 Å². The van der Waals surface area contributed by atoms with Crippen molar-refractivity contribution in [2.75, 3.05) is 20.0 Å². The molecule has 0 radical (unpaired) electrons. The molecule has 0 bridgehead atoms. The average Bonchev–Trinajstić information content (AvgIpc) is 2.78. The maximum Gasteiger partial charge on any atom is 0.222 e. The molecule has 1 aromatic carbocycles. The molecule has 1 heterocycles. The topological polar surface area (TPSA) is 70.5 Å². The van der Waals surface area contributed by atoms with Crippen molar-refractivity contribution in [1.82, 2.24) is 5.16 Å². The molecule has 5 nitrogen and oxygen atoms in total. The summed E-state index contributed by atoms with van der Waals surface area (Å²) in [6.07, 6.45) is 0. The van der Waals surface area contributed by atoms with E-state index in [0.717, 1.165) is 5.56 Å². The second-order valence-corrected chi connectivity index (χ2v) is 4.11. The summed E-state index contributed by atoms with van der Waals surface area (Å²) < 4.78 is 15.5. The summed E-state index contributed by atoms with van der Waals surface area (Å²) >= 11 is 6.29. The third kappa shape index (κ3) is 1.97. The monoisotopic (exact) mass is 268 g/mol. The van der Waals surface area contributed by atoms with Crippen molar-refractivity contribution in [3.63, 3.8) is 0 Å². The number of aryl methyl sites for hydroxylation is 1. The lowest BCUT2D eigenvalue weighted by Gasteiger charge is -2.14. The number of rotatable bonds is 3. The van der Waals surface area contributed by atoms with Gasteiger partial charge in [0.2, 0.25) is 5.88 Å². The van der Waals surface area contributed by atoms with Gasteiger partial charge in [-0.3, -0.25) is 0 Å². The van der Waals surface area contributed by atoms with Gasteiger partial charge >= 0.3 is 0 Å².